The number of hydrogen-bond donors (Lipinski definition) is 0. The van der Waals surface area contributed by atoms with Crippen LogP contribution in [0.25, 0.3) is 44.5 Å². The Hall–Kier alpha value is -7.29. The van der Waals surface area contributed by atoms with E-state index in [1.54, 1.807) is 0 Å². The maximum Gasteiger partial charge on any atom is 0.248 e. The minimum Gasteiger partial charge on any atom is -0.312 e. The first-order chi connectivity index (χ1) is 30.4. The van der Waals surface area contributed by atoms with Gasteiger partial charge in [-0.1, -0.05) is 171 Å². The molecule has 9 aromatic rings. The van der Waals surface area contributed by atoms with E-state index in [9.17, 15) is 0 Å². The third-order valence-electron chi connectivity index (χ3n) is 14.0. The van der Waals surface area contributed by atoms with Crippen LogP contribution in [0.5, 0.6) is 0 Å². The molecule has 2 nitrogen and oxygen atoms in total. The number of anilines is 6. The second kappa shape index (κ2) is 13.1. The Morgan fingerprint density at radius 2 is 0.742 bits per heavy atom. The molecule has 0 spiro atoms. The molecule has 4 aliphatic rings. The molecule has 4 heteroatoms. The highest BCUT2D eigenvalue weighted by atomic mass is 15.2. The summed E-state index contributed by atoms with van der Waals surface area (Å²) in [5, 5.41) is 0. The molecule has 0 aliphatic carbocycles. The zero-order valence-electron chi connectivity index (χ0n) is 35.1. The van der Waals surface area contributed by atoms with E-state index in [0.717, 1.165) is 0 Å². The van der Waals surface area contributed by atoms with Crippen molar-refractivity contribution in [2.24, 2.45) is 0 Å². The number of hydrogen-bond acceptors (Lipinski definition) is 2. The van der Waals surface area contributed by atoms with Gasteiger partial charge in [-0.25, -0.2) is 0 Å². The standard InChI is InChI=1S/C58H42B2N2/c1-58(2,3)41-29-25-38(26-30-41)40-28-32-49-47(34-40)45-22-14-24-53-57(45)60(49)51-36-54-50(35-55(51)62(53)43-19-11-6-12-20-43)59-48-31-27-39(37-15-7-4-8-16-37)33-46(48)44-21-13-23-52(56(44)59)61(54)42-17-9-5-10-18-42/h4-36H,1-3H3. The molecule has 4 heterocycles. The van der Waals surface area contributed by atoms with Crippen LogP contribution in [0.2, 0.25) is 0 Å². The highest BCUT2D eigenvalue weighted by Gasteiger charge is 2.47. The fraction of sp³-hybridized carbons (Fsp3) is 0.0690. The molecule has 4 aliphatic heterocycles. The second-order valence-corrected chi connectivity index (χ2v) is 18.5. The van der Waals surface area contributed by atoms with Crippen molar-refractivity contribution in [1.82, 2.24) is 0 Å². The molecular formula is C58H42B2N2. The summed E-state index contributed by atoms with van der Waals surface area (Å²) in [5.41, 5.74) is 27.4. The molecule has 290 valence electrons. The van der Waals surface area contributed by atoms with E-state index in [2.05, 4.69) is 231 Å². The monoisotopic (exact) mass is 788 g/mol. The number of para-hydroxylation sites is 2. The van der Waals surface area contributed by atoms with Crippen LogP contribution < -0.4 is 42.6 Å². The van der Waals surface area contributed by atoms with Gasteiger partial charge in [0, 0.05) is 34.1 Å². The van der Waals surface area contributed by atoms with Crippen molar-refractivity contribution in [2.45, 2.75) is 26.2 Å². The predicted molar refractivity (Wildman–Crippen MR) is 266 cm³/mol. The average Bonchev–Trinajstić information content (AvgIpc) is 3.83. The molecule has 0 amide bonds. The highest BCUT2D eigenvalue weighted by molar-refractivity contribution is 7.03. The van der Waals surface area contributed by atoms with Crippen molar-refractivity contribution < 1.29 is 0 Å². The summed E-state index contributed by atoms with van der Waals surface area (Å²) >= 11 is 0. The molecule has 0 atom stereocenters. The van der Waals surface area contributed by atoms with Crippen LogP contribution in [0.15, 0.2) is 200 Å². The van der Waals surface area contributed by atoms with Crippen molar-refractivity contribution >= 4 is 80.3 Å². The van der Waals surface area contributed by atoms with Crippen molar-refractivity contribution in [3.05, 3.63) is 206 Å². The number of fused-ring (bicyclic) bond motifs is 10. The number of rotatable bonds is 4. The van der Waals surface area contributed by atoms with E-state index in [1.165, 1.54) is 117 Å². The lowest BCUT2D eigenvalue weighted by molar-refractivity contribution is 0.590. The molecule has 62 heavy (non-hydrogen) atoms. The van der Waals surface area contributed by atoms with Gasteiger partial charge in [-0.3, -0.25) is 0 Å². The minimum absolute atomic E-state index is 0.0865. The van der Waals surface area contributed by atoms with Crippen LogP contribution in [0.4, 0.5) is 34.1 Å². The smallest absolute Gasteiger partial charge is 0.248 e. The normalized spacial score (nSPS) is 13.6. The van der Waals surface area contributed by atoms with Gasteiger partial charge >= 0.3 is 0 Å². The Morgan fingerprint density at radius 1 is 0.323 bits per heavy atom. The van der Waals surface area contributed by atoms with Crippen LogP contribution in [0.1, 0.15) is 26.3 Å². The molecule has 13 rings (SSSR count). The Bertz CT molecular complexity index is 3280. The number of nitrogens with zero attached hydrogens (tertiary/aromatic N) is 2. The molecule has 0 N–H and O–H groups in total. The van der Waals surface area contributed by atoms with E-state index >= 15 is 0 Å². The summed E-state index contributed by atoms with van der Waals surface area (Å²) in [7, 11) is 0. The summed E-state index contributed by atoms with van der Waals surface area (Å²) in [6.07, 6.45) is 0. The topological polar surface area (TPSA) is 6.48 Å². The Kier molecular flexibility index (Phi) is 7.50. The molecule has 0 bridgehead atoms. The Morgan fingerprint density at radius 3 is 1.19 bits per heavy atom. The van der Waals surface area contributed by atoms with Crippen LogP contribution in [-0.4, -0.2) is 13.4 Å². The van der Waals surface area contributed by atoms with E-state index in [1.807, 2.05) is 0 Å². The first-order valence-corrected chi connectivity index (χ1v) is 22.0. The third kappa shape index (κ3) is 5.07. The largest absolute Gasteiger partial charge is 0.312 e. The summed E-state index contributed by atoms with van der Waals surface area (Å²) in [5.74, 6) is 0. The quantitative estimate of drug-likeness (QED) is 0.164. The van der Waals surface area contributed by atoms with Crippen molar-refractivity contribution in [3.8, 4) is 44.5 Å². The van der Waals surface area contributed by atoms with Crippen LogP contribution in [-0.2, 0) is 5.41 Å². The summed E-state index contributed by atoms with van der Waals surface area (Å²) < 4.78 is 0. The van der Waals surface area contributed by atoms with Crippen LogP contribution in [0.3, 0.4) is 0 Å². The lowest BCUT2D eigenvalue weighted by atomic mass is 9.34. The van der Waals surface area contributed by atoms with Gasteiger partial charge in [0.2, 0.25) is 13.4 Å². The van der Waals surface area contributed by atoms with Gasteiger partial charge in [0.15, 0.2) is 0 Å². The third-order valence-corrected chi connectivity index (χ3v) is 14.0. The van der Waals surface area contributed by atoms with Crippen LogP contribution >= 0.6 is 0 Å². The molecule has 0 aromatic heterocycles. The van der Waals surface area contributed by atoms with Gasteiger partial charge in [-0.15, -0.1) is 0 Å². The zero-order valence-corrected chi connectivity index (χ0v) is 35.1. The molecule has 9 aromatic carbocycles. The van der Waals surface area contributed by atoms with Gasteiger partial charge in [0.25, 0.3) is 0 Å². The highest BCUT2D eigenvalue weighted by Crippen LogP contribution is 2.45. The number of benzene rings is 9. The van der Waals surface area contributed by atoms with Gasteiger partial charge in [0.05, 0.1) is 0 Å². The molecule has 0 fully saturated rings. The maximum absolute atomic E-state index is 2.57. The second-order valence-electron chi connectivity index (χ2n) is 18.5. The first-order valence-electron chi connectivity index (χ1n) is 22.0. The fourth-order valence-corrected chi connectivity index (χ4v) is 11.2. The lowest BCUT2D eigenvalue weighted by Gasteiger charge is -2.41. The maximum atomic E-state index is 2.57. The minimum atomic E-state index is 0.0865. The summed E-state index contributed by atoms with van der Waals surface area (Å²) in [4.78, 5) is 5.09. The predicted octanol–water partition coefficient (Wildman–Crippen LogP) is 10.9. The Labute approximate surface area is 364 Å². The van der Waals surface area contributed by atoms with Crippen molar-refractivity contribution in [1.29, 1.82) is 0 Å². The van der Waals surface area contributed by atoms with Gasteiger partial charge in [-0.2, -0.15) is 0 Å². The summed E-state index contributed by atoms with van der Waals surface area (Å²) in [6, 6.07) is 75.4. The van der Waals surface area contributed by atoms with E-state index in [-0.39, 0.29) is 18.8 Å². The van der Waals surface area contributed by atoms with Crippen molar-refractivity contribution in [3.63, 3.8) is 0 Å². The lowest BCUT2D eigenvalue weighted by Crippen LogP contribution is -2.58. The SMILES string of the molecule is CC(C)(C)c1ccc(-c2ccc3c(c2)-c2cccc4c2B3c2cc3c(cc2N4c2ccccc2)B2c4ccc(-c5ccccc5)cc4-c4cccc(c42)N3c2ccccc2)cc1. The Balaban J connectivity index is 1.06. The molecule has 0 radical (unpaired) electrons. The molecule has 0 saturated carbocycles. The fourth-order valence-electron chi connectivity index (χ4n) is 11.2. The molecular weight excluding hydrogens is 746 g/mol. The first kappa shape index (κ1) is 35.5. The van der Waals surface area contributed by atoms with Gasteiger partial charge < -0.3 is 9.80 Å². The molecule has 0 saturated heterocycles. The van der Waals surface area contributed by atoms with Gasteiger partial charge in [0.1, 0.15) is 0 Å². The summed E-state index contributed by atoms with van der Waals surface area (Å²) in [6.45, 7) is 7.03. The van der Waals surface area contributed by atoms with E-state index in [0.29, 0.717) is 0 Å². The molecule has 0 unspecified atom stereocenters. The van der Waals surface area contributed by atoms with E-state index < -0.39 is 0 Å². The van der Waals surface area contributed by atoms with Gasteiger partial charge in [-0.05, 0) is 138 Å². The van der Waals surface area contributed by atoms with Crippen LogP contribution in [0, 0.1) is 0 Å². The zero-order chi connectivity index (χ0) is 41.3. The van der Waals surface area contributed by atoms with Crippen molar-refractivity contribution in [2.75, 3.05) is 9.80 Å². The van der Waals surface area contributed by atoms with E-state index in [4.69, 9.17) is 0 Å². The average molecular weight is 789 g/mol.